The zero-order valence-corrected chi connectivity index (χ0v) is 13.1. The summed E-state index contributed by atoms with van der Waals surface area (Å²) in [6.45, 7) is 6.72. The molecule has 2 aromatic rings. The molecule has 1 heterocycles. The minimum atomic E-state index is -3.71. The van der Waals surface area contributed by atoms with Gasteiger partial charge < -0.3 is 9.30 Å². The van der Waals surface area contributed by atoms with Crippen molar-refractivity contribution in [3.63, 3.8) is 0 Å². The lowest BCUT2D eigenvalue weighted by Crippen LogP contribution is -2.14. The van der Waals surface area contributed by atoms with Gasteiger partial charge in [0.05, 0.1) is 23.1 Å². The number of imidazole rings is 1. The molecule has 114 valence electrons. The third-order valence-corrected chi connectivity index (χ3v) is 4.35. The number of ether oxygens (including phenoxy) is 1. The molecule has 0 amide bonds. The Morgan fingerprint density at radius 2 is 2.00 bits per heavy atom. The molecule has 0 saturated heterocycles. The highest BCUT2D eigenvalue weighted by Crippen LogP contribution is 2.25. The number of hydrogen-bond donors (Lipinski definition) is 1. The first-order valence-corrected chi connectivity index (χ1v) is 8.13. The number of aryl methyl sites for hydroxylation is 3. The molecule has 0 aliphatic rings. The van der Waals surface area contributed by atoms with Gasteiger partial charge in [-0.2, -0.15) is 0 Å². The number of sulfonamides is 1. The quantitative estimate of drug-likeness (QED) is 0.911. The standard InChI is InChI=1S/C14H19N3O3S/c1-4-17-9-16-7-12(17)8-20-13-5-11(3)14(6-10(13)2)21(15,18)19/h5-7,9H,4,8H2,1-3H3,(H2,15,18,19). The highest BCUT2D eigenvalue weighted by molar-refractivity contribution is 7.89. The number of nitrogens with two attached hydrogens (primary N) is 1. The van der Waals surface area contributed by atoms with Crippen molar-refractivity contribution in [1.29, 1.82) is 0 Å². The maximum atomic E-state index is 11.5. The summed E-state index contributed by atoms with van der Waals surface area (Å²) in [4.78, 5) is 4.21. The van der Waals surface area contributed by atoms with Gasteiger partial charge in [-0.3, -0.25) is 0 Å². The number of aromatic nitrogens is 2. The van der Waals surface area contributed by atoms with Crippen LogP contribution in [0.15, 0.2) is 29.6 Å². The van der Waals surface area contributed by atoms with Gasteiger partial charge in [0.15, 0.2) is 0 Å². The minimum absolute atomic E-state index is 0.131. The Morgan fingerprint density at radius 1 is 1.29 bits per heavy atom. The van der Waals surface area contributed by atoms with Crippen molar-refractivity contribution < 1.29 is 13.2 Å². The van der Waals surface area contributed by atoms with Crippen molar-refractivity contribution in [3.05, 3.63) is 41.5 Å². The third kappa shape index (κ3) is 3.43. The maximum absolute atomic E-state index is 11.5. The summed E-state index contributed by atoms with van der Waals surface area (Å²) in [6, 6.07) is 3.23. The van der Waals surface area contributed by atoms with Crippen molar-refractivity contribution in [1.82, 2.24) is 9.55 Å². The minimum Gasteiger partial charge on any atom is -0.487 e. The van der Waals surface area contributed by atoms with E-state index in [1.165, 1.54) is 6.07 Å². The van der Waals surface area contributed by atoms with E-state index in [0.29, 0.717) is 17.9 Å². The van der Waals surface area contributed by atoms with E-state index < -0.39 is 10.0 Å². The Hall–Kier alpha value is -1.86. The van der Waals surface area contributed by atoms with Crippen LogP contribution in [-0.4, -0.2) is 18.0 Å². The molecule has 0 unspecified atom stereocenters. The van der Waals surface area contributed by atoms with E-state index in [-0.39, 0.29) is 4.90 Å². The lowest BCUT2D eigenvalue weighted by molar-refractivity contribution is 0.293. The average Bonchev–Trinajstić information content (AvgIpc) is 2.85. The van der Waals surface area contributed by atoms with Crippen LogP contribution in [0.1, 0.15) is 23.7 Å². The van der Waals surface area contributed by atoms with Crippen molar-refractivity contribution in [2.75, 3.05) is 0 Å². The number of rotatable bonds is 5. The molecule has 1 aromatic heterocycles. The molecular formula is C14H19N3O3S. The van der Waals surface area contributed by atoms with E-state index in [1.54, 1.807) is 32.4 Å². The SMILES string of the molecule is CCn1cncc1COc1cc(C)c(S(N)(=O)=O)cc1C. The van der Waals surface area contributed by atoms with Crippen LogP contribution < -0.4 is 9.88 Å². The van der Waals surface area contributed by atoms with Gasteiger partial charge in [0, 0.05) is 6.54 Å². The smallest absolute Gasteiger partial charge is 0.238 e. The summed E-state index contributed by atoms with van der Waals surface area (Å²) in [5.74, 6) is 0.642. The van der Waals surface area contributed by atoms with E-state index >= 15 is 0 Å². The Balaban J connectivity index is 2.24. The zero-order chi connectivity index (χ0) is 15.6. The van der Waals surface area contributed by atoms with E-state index in [4.69, 9.17) is 9.88 Å². The maximum Gasteiger partial charge on any atom is 0.238 e. The largest absolute Gasteiger partial charge is 0.487 e. The van der Waals surface area contributed by atoms with Gasteiger partial charge in [0.2, 0.25) is 10.0 Å². The average molecular weight is 309 g/mol. The Bertz CT molecular complexity index is 751. The molecule has 2 N–H and O–H groups in total. The highest BCUT2D eigenvalue weighted by Gasteiger charge is 2.14. The fourth-order valence-electron chi connectivity index (χ4n) is 2.13. The number of nitrogens with zero attached hydrogens (tertiary/aromatic N) is 2. The van der Waals surface area contributed by atoms with Crippen LogP contribution in [0.25, 0.3) is 0 Å². The van der Waals surface area contributed by atoms with E-state index in [9.17, 15) is 8.42 Å². The van der Waals surface area contributed by atoms with Gasteiger partial charge in [0.25, 0.3) is 0 Å². The van der Waals surface area contributed by atoms with E-state index in [1.807, 2.05) is 11.5 Å². The molecule has 0 atom stereocenters. The van der Waals surface area contributed by atoms with Gasteiger partial charge in [0.1, 0.15) is 12.4 Å². The molecule has 0 spiro atoms. The van der Waals surface area contributed by atoms with Crippen molar-refractivity contribution in [3.8, 4) is 5.75 Å². The van der Waals surface area contributed by atoms with Crippen LogP contribution >= 0.6 is 0 Å². The third-order valence-electron chi connectivity index (χ3n) is 3.29. The molecule has 0 fully saturated rings. The molecule has 2 rings (SSSR count). The molecule has 0 aliphatic carbocycles. The Kier molecular flexibility index (Phi) is 4.34. The van der Waals surface area contributed by atoms with Gasteiger partial charge in [-0.1, -0.05) is 0 Å². The van der Waals surface area contributed by atoms with Crippen molar-refractivity contribution >= 4 is 10.0 Å². The lowest BCUT2D eigenvalue weighted by Gasteiger charge is -2.13. The molecule has 6 nitrogen and oxygen atoms in total. The second-order valence-electron chi connectivity index (χ2n) is 4.89. The summed E-state index contributed by atoms with van der Waals surface area (Å²) in [7, 11) is -3.71. The second kappa shape index (κ2) is 5.87. The summed E-state index contributed by atoms with van der Waals surface area (Å²) in [5, 5.41) is 5.19. The van der Waals surface area contributed by atoms with Gasteiger partial charge in [-0.05, 0) is 44.0 Å². The van der Waals surface area contributed by atoms with Gasteiger partial charge in [-0.25, -0.2) is 18.5 Å². The molecule has 21 heavy (non-hydrogen) atoms. The predicted molar refractivity (Wildman–Crippen MR) is 79.5 cm³/mol. The topological polar surface area (TPSA) is 87.2 Å². The predicted octanol–water partition coefficient (Wildman–Crippen LogP) is 1.75. The summed E-state index contributed by atoms with van der Waals surface area (Å²) < 4.78 is 30.7. The molecule has 0 bridgehead atoms. The normalized spacial score (nSPS) is 11.6. The molecule has 0 aliphatic heterocycles. The first-order chi connectivity index (χ1) is 9.82. The molecule has 1 aromatic carbocycles. The number of primary sulfonamides is 1. The molecule has 7 heteroatoms. The summed E-state index contributed by atoms with van der Waals surface area (Å²) in [5.41, 5.74) is 2.26. The van der Waals surface area contributed by atoms with Crippen LogP contribution in [0.3, 0.4) is 0 Å². The van der Waals surface area contributed by atoms with E-state index in [0.717, 1.165) is 17.8 Å². The number of hydrogen-bond acceptors (Lipinski definition) is 4. The fourth-order valence-corrected chi connectivity index (χ4v) is 2.98. The summed E-state index contributed by atoms with van der Waals surface area (Å²) >= 11 is 0. The van der Waals surface area contributed by atoms with Gasteiger partial charge >= 0.3 is 0 Å². The fraction of sp³-hybridized carbons (Fsp3) is 0.357. The Labute approximate surface area is 124 Å². The molecule has 0 saturated carbocycles. The van der Waals surface area contributed by atoms with Crippen LogP contribution in [0, 0.1) is 13.8 Å². The van der Waals surface area contributed by atoms with Crippen LogP contribution in [0.2, 0.25) is 0 Å². The van der Waals surface area contributed by atoms with Crippen molar-refractivity contribution in [2.24, 2.45) is 5.14 Å². The van der Waals surface area contributed by atoms with Crippen molar-refractivity contribution in [2.45, 2.75) is 38.8 Å². The Morgan fingerprint density at radius 3 is 2.62 bits per heavy atom. The number of benzene rings is 1. The van der Waals surface area contributed by atoms with Crippen LogP contribution in [0.4, 0.5) is 0 Å². The molecular weight excluding hydrogens is 290 g/mol. The second-order valence-corrected chi connectivity index (χ2v) is 6.42. The zero-order valence-electron chi connectivity index (χ0n) is 12.3. The van der Waals surface area contributed by atoms with Gasteiger partial charge in [-0.15, -0.1) is 0 Å². The van der Waals surface area contributed by atoms with Crippen LogP contribution in [-0.2, 0) is 23.2 Å². The van der Waals surface area contributed by atoms with Crippen LogP contribution in [0.5, 0.6) is 5.75 Å². The molecule has 0 radical (unpaired) electrons. The first kappa shape index (κ1) is 15.5. The summed E-state index contributed by atoms with van der Waals surface area (Å²) in [6.07, 6.45) is 3.51. The van der Waals surface area contributed by atoms with E-state index in [2.05, 4.69) is 4.98 Å². The first-order valence-electron chi connectivity index (χ1n) is 6.58. The highest BCUT2D eigenvalue weighted by atomic mass is 32.2. The lowest BCUT2D eigenvalue weighted by atomic mass is 10.1. The monoisotopic (exact) mass is 309 g/mol.